The van der Waals surface area contributed by atoms with Crippen LogP contribution in [0.4, 0.5) is 0 Å². The standard InChI is InChI=1S/C11H16INO/c1-3-13-6-7-14-10-4-5-11(12)9(2)8-10/h4-5,8,13H,3,6-7H2,1-2H3. The molecule has 0 atom stereocenters. The number of benzene rings is 1. The molecule has 2 nitrogen and oxygen atoms in total. The van der Waals surface area contributed by atoms with Crippen LogP contribution >= 0.6 is 22.6 Å². The summed E-state index contributed by atoms with van der Waals surface area (Å²) in [6, 6.07) is 6.17. The van der Waals surface area contributed by atoms with Gasteiger partial charge in [0.15, 0.2) is 0 Å². The van der Waals surface area contributed by atoms with Crippen molar-refractivity contribution in [1.82, 2.24) is 5.32 Å². The van der Waals surface area contributed by atoms with Crippen LogP contribution in [-0.2, 0) is 0 Å². The first-order chi connectivity index (χ1) is 6.74. The Morgan fingerprint density at radius 2 is 2.21 bits per heavy atom. The van der Waals surface area contributed by atoms with E-state index in [-0.39, 0.29) is 0 Å². The summed E-state index contributed by atoms with van der Waals surface area (Å²) in [5.74, 6) is 0.959. The zero-order valence-corrected chi connectivity index (χ0v) is 10.8. The summed E-state index contributed by atoms with van der Waals surface area (Å²) < 4.78 is 6.86. The summed E-state index contributed by atoms with van der Waals surface area (Å²) in [5.41, 5.74) is 1.27. The van der Waals surface area contributed by atoms with Crippen molar-refractivity contribution in [1.29, 1.82) is 0 Å². The van der Waals surface area contributed by atoms with E-state index < -0.39 is 0 Å². The van der Waals surface area contributed by atoms with E-state index in [4.69, 9.17) is 4.74 Å². The molecule has 0 aliphatic heterocycles. The fourth-order valence-electron chi connectivity index (χ4n) is 1.12. The Kier molecular flexibility index (Phi) is 5.25. The lowest BCUT2D eigenvalue weighted by Crippen LogP contribution is -2.20. The Bertz CT molecular complexity index is 289. The molecule has 0 spiro atoms. The van der Waals surface area contributed by atoms with Crippen molar-refractivity contribution in [3.8, 4) is 5.75 Å². The van der Waals surface area contributed by atoms with Gasteiger partial charge in [-0.05, 0) is 59.8 Å². The van der Waals surface area contributed by atoms with E-state index in [0.29, 0.717) is 0 Å². The number of likely N-dealkylation sites (N-methyl/N-ethyl adjacent to an activating group) is 1. The van der Waals surface area contributed by atoms with Crippen LogP contribution in [0, 0.1) is 10.5 Å². The maximum atomic E-state index is 5.58. The third-order valence-corrected chi connectivity index (χ3v) is 3.14. The molecule has 0 amide bonds. The highest BCUT2D eigenvalue weighted by Crippen LogP contribution is 2.18. The molecule has 78 valence electrons. The van der Waals surface area contributed by atoms with Crippen LogP contribution < -0.4 is 10.1 Å². The summed E-state index contributed by atoms with van der Waals surface area (Å²) in [4.78, 5) is 0. The van der Waals surface area contributed by atoms with E-state index in [1.165, 1.54) is 9.13 Å². The topological polar surface area (TPSA) is 21.3 Å². The largest absolute Gasteiger partial charge is 0.492 e. The number of rotatable bonds is 5. The molecular formula is C11H16INO. The summed E-state index contributed by atoms with van der Waals surface area (Å²) in [6.45, 7) is 6.82. The van der Waals surface area contributed by atoms with E-state index >= 15 is 0 Å². The van der Waals surface area contributed by atoms with Gasteiger partial charge in [-0.3, -0.25) is 0 Å². The van der Waals surface area contributed by atoms with Crippen molar-refractivity contribution in [2.75, 3.05) is 19.7 Å². The SMILES string of the molecule is CCNCCOc1ccc(I)c(C)c1. The predicted octanol–water partition coefficient (Wildman–Crippen LogP) is 2.59. The van der Waals surface area contributed by atoms with Gasteiger partial charge in [0.05, 0.1) is 0 Å². The zero-order chi connectivity index (χ0) is 10.4. The average molecular weight is 305 g/mol. The Labute approximate surface area is 99.2 Å². The second-order valence-corrected chi connectivity index (χ2v) is 4.28. The van der Waals surface area contributed by atoms with Gasteiger partial charge in [-0.15, -0.1) is 0 Å². The van der Waals surface area contributed by atoms with Crippen LogP contribution in [0.5, 0.6) is 5.75 Å². The van der Waals surface area contributed by atoms with Crippen LogP contribution in [0.15, 0.2) is 18.2 Å². The van der Waals surface area contributed by atoms with E-state index in [9.17, 15) is 0 Å². The summed E-state index contributed by atoms with van der Waals surface area (Å²) in [7, 11) is 0. The summed E-state index contributed by atoms with van der Waals surface area (Å²) in [5, 5.41) is 3.22. The van der Waals surface area contributed by atoms with E-state index in [0.717, 1.165) is 25.4 Å². The lowest BCUT2D eigenvalue weighted by atomic mass is 10.2. The fraction of sp³-hybridized carbons (Fsp3) is 0.455. The van der Waals surface area contributed by atoms with Crippen LogP contribution in [-0.4, -0.2) is 19.7 Å². The minimum atomic E-state index is 0.730. The first-order valence-corrected chi connectivity index (χ1v) is 5.91. The monoisotopic (exact) mass is 305 g/mol. The van der Waals surface area contributed by atoms with Crippen molar-refractivity contribution in [3.63, 3.8) is 0 Å². The molecule has 1 aromatic rings. The van der Waals surface area contributed by atoms with Crippen molar-refractivity contribution < 1.29 is 4.74 Å². The number of halogens is 1. The van der Waals surface area contributed by atoms with E-state index in [1.807, 2.05) is 6.07 Å². The van der Waals surface area contributed by atoms with Crippen LogP contribution in [0.1, 0.15) is 12.5 Å². The first-order valence-electron chi connectivity index (χ1n) is 4.83. The molecule has 0 heterocycles. The van der Waals surface area contributed by atoms with E-state index in [2.05, 4.69) is 53.9 Å². The number of ether oxygens (including phenoxy) is 1. The molecule has 1 aromatic carbocycles. The molecule has 0 bridgehead atoms. The molecule has 0 aliphatic carbocycles. The fourth-order valence-corrected chi connectivity index (χ4v) is 1.46. The van der Waals surface area contributed by atoms with Crippen molar-refractivity contribution in [3.05, 3.63) is 27.3 Å². The third kappa shape index (κ3) is 3.84. The molecule has 0 unspecified atom stereocenters. The lowest BCUT2D eigenvalue weighted by Gasteiger charge is -2.07. The maximum absolute atomic E-state index is 5.58. The third-order valence-electron chi connectivity index (χ3n) is 1.93. The average Bonchev–Trinajstić information content (AvgIpc) is 2.18. The van der Waals surface area contributed by atoms with Gasteiger partial charge in [0, 0.05) is 10.1 Å². The molecule has 1 N–H and O–H groups in total. The smallest absolute Gasteiger partial charge is 0.119 e. The normalized spacial score (nSPS) is 10.2. The molecule has 0 saturated carbocycles. The first kappa shape index (κ1) is 11.8. The molecule has 3 heteroatoms. The molecule has 0 fully saturated rings. The van der Waals surface area contributed by atoms with E-state index in [1.54, 1.807) is 0 Å². The van der Waals surface area contributed by atoms with Gasteiger partial charge in [0.1, 0.15) is 12.4 Å². The van der Waals surface area contributed by atoms with Gasteiger partial charge in [0.25, 0.3) is 0 Å². The lowest BCUT2D eigenvalue weighted by molar-refractivity contribution is 0.315. The minimum Gasteiger partial charge on any atom is -0.492 e. The number of aryl methyl sites for hydroxylation is 1. The van der Waals surface area contributed by atoms with Gasteiger partial charge in [-0.1, -0.05) is 6.92 Å². The summed E-state index contributed by atoms with van der Waals surface area (Å²) >= 11 is 2.32. The molecular weight excluding hydrogens is 289 g/mol. The molecule has 0 aromatic heterocycles. The molecule has 0 saturated heterocycles. The van der Waals surface area contributed by atoms with Crippen LogP contribution in [0.25, 0.3) is 0 Å². The number of hydrogen-bond acceptors (Lipinski definition) is 2. The maximum Gasteiger partial charge on any atom is 0.119 e. The molecule has 0 aliphatic rings. The zero-order valence-electron chi connectivity index (χ0n) is 8.64. The molecule has 0 radical (unpaired) electrons. The highest BCUT2D eigenvalue weighted by Gasteiger charge is 1.97. The van der Waals surface area contributed by atoms with Crippen molar-refractivity contribution in [2.45, 2.75) is 13.8 Å². The van der Waals surface area contributed by atoms with Crippen LogP contribution in [0.3, 0.4) is 0 Å². The highest BCUT2D eigenvalue weighted by atomic mass is 127. The Morgan fingerprint density at radius 1 is 1.43 bits per heavy atom. The van der Waals surface area contributed by atoms with Crippen molar-refractivity contribution >= 4 is 22.6 Å². The Morgan fingerprint density at radius 3 is 2.86 bits per heavy atom. The van der Waals surface area contributed by atoms with Gasteiger partial charge in [-0.25, -0.2) is 0 Å². The quantitative estimate of drug-likeness (QED) is 0.667. The Hall–Kier alpha value is -0.290. The van der Waals surface area contributed by atoms with Crippen LogP contribution in [0.2, 0.25) is 0 Å². The number of hydrogen-bond donors (Lipinski definition) is 1. The summed E-state index contributed by atoms with van der Waals surface area (Å²) in [6.07, 6.45) is 0. The Balaban J connectivity index is 2.39. The molecule has 14 heavy (non-hydrogen) atoms. The van der Waals surface area contributed by atoms with Crippen molar-refractivity contribution in [2.24, 2.45) is 0 Å². The van der Waals surface area contributed by atoms with Gasteiger partial charge >= 0.3 is 0 Å². The van der Waals surface area contributed by atoms with Gasteiger partial charge < -0.3 is 10.1 Å². The molecule has 1 rings (SSSR count). The predicted molar refractivity (Wildman–Crippen MR) is 67.9 cm³/mol. The van der Waals surface area contributed by atoms with Gasteiger partial charge in [-0.2, -0.15) is 0 Å². The second-order valence-electron chi connectivity index (χ2n) is 3.11. The highest BCUT2D eigenvalue weighted by molar-refractivity contribution is 14.1. The number of nitrogens with one attached hydrogen (secondary N) is 1. The second kappa shape index (κ2) is 6.24. The van der Waals surface area contributed by atoms with Gasteiger partial charge in [0.2, 0.25) is 0 Å². The minimum absolute atomic E-state index is 0.730.